The van der Waals surface area contributed by atoms with Crippen molar-refractivity contribution in [2.24, 2.45) is 11.1 Å². The van der Waals surface area contributed by atoms with Crippen LogP contribution in [-0.4, -0.2) is 0 Å². The molecule has 0 aromatic heterocycles. The average molecular weight is 189 g/mol. The highest BCUT2D eigenvalue weighted by atomic mass is 14.7. The molecule has 1 aromatic rings. The topological polar surface area (TPSA) is 26.0 Å². The highest BCUT2D eigenvalue weighted by molar-refractivity contribution is 5.28. The molecule has 0 bridgehead atoms. The molecule has 14 heavy (non-hydrogen) atoms. The summed E-state index contributed by atoms with van der Waals surface area (Å²) >= 11 is 0. The van der Waals surface area contributed by atoms with E-state index in [1.807, 2.05) is 0 Å². The molecule has 0 radical (unpaired) electrons. The van der Waals surface area contributed by atoms with Crippen molar-refractivity contribution in [1.82, 2.24) is 0 Å². The van der Waals surface area contributed by atoms with Gasteiger partial charge in [0, 0.05) is 6.04 Å². The number of nitrogens with two attached hydrogens (primary N) is 1. The monoisotopic (exact) mass is 189 g/mol. The highest BCUT2D eigenvalue weighted by Gasteiger charge is 2.43. The second kappa shape index (κ2) is 3.39. The van der Waals surface area contributed by atoms with Gasteiger partial charge in [0.15, 0.2) is 0 Å². The van der Waals surface area contributed by atoms with E-state index in [1.165, 1.54) is 24.0 Å². The largest absolute Gasteiger partial charge is 0.323 e. The second-order valence-electron chi connectivity index (χ2n) is 4.73. The van der Waals surface area contributed by atoms with E-state index in [9.17, 15) is 0 Å². The van der Waals surface area contributed by atoms with E-state index in [-0.39, 0.29) is 6.04 Å². The first-order valence-corrected chi connectivity index (χ1v) is 5.50. The van der Waals surface area contributed by atoms with Gasteiger partial charge in [0.25, 0.3) is 0 Å². The van der Waals surface area contributed by atoms with Gasteiger partial charge in [-0.25, -0.2) is 0 Å². The molecule has 1 fully saturated rings. The number of hydrogen-bond donors (Lipinski definition) is 1. The van der Waals surface area contributed by atoms with Crippen molar-refractivity contribution in [2.45, 2.75) is 39.2 Å². The van der Waals surface area contributed by atoms with Crippen LogP contribution in [0.4, 0.5) is 0 Å². The molecule has 1 aromatic carbocycles. The van der Waals surface area contributed by atoms with Gasteiger partial charge in [0.05, 0.1) is 0 Å². The van der Waals surface area contributed by atoms with E-state index < -0.39 is 0 Å². The first kappa shape index (κ1) is 9.72. The fourth-order valence-electron chi connectivity index (χ4n) is 1.92. The van der Waals surface area contributed by atoms with Gasteiger partial charge in [0.1, 0.15) is 0 Å². The Balaban J connectivity index is 2.23. The lowest BCUT2D eigenvalue weighted by Crippen LogP contribution is -2.20. The average Bonchev–Trinajstić information content (AvgIpc) is 2.97. The smallest absolute Gasteiger partial charge is 0.0349 e. The van der Waals surface area contributed by atoms with Crippen molar-refractivity contribution < 1.29 is 0 Å². The van der Waals surface area contributed by atoms with Crippen molar-refractivity contribution in [1.29, 1.82) is 0 Å². The van der Waals surface area contributed by atoms with Gasteiger partial charge < -0.3 is 5.73 Å². The summed E-state index contributed by atoms with van der Waals surface area (Å²) in [5.74, 6) is 0. The fraction of sp³-hybridized carbons (Fsp3) is 0.538. The molecule has 1 aliphatic rings. The number of hydrogen-bond acceptors (Lipinski definition) is 1. The SMILES string of the molecule is CCc1cccc(C(N)C2(C)CC2)c1. The second-order valence-corrected chi connectivity index (χ2v) is 4.73. The van der Waals surface area contributed by atoms with Gasteiger partial charge in [-0.3, -0.25) is 0 Å². The standard InChI is InChI=1S/C13H19N/c1-3-10-5-4-6-11(9-10)12(14)13(2)7-8-13/h4-6,9,12H,3,7-8,14H2,1-2H3. The Morgan fingerprint density at radius 2 is 2.14 bits per heavy atom. The van der Waals surface area contributed by atoms with Crippen LogP contribution in [0.15, 0.2) is 24.3 Å². The molecule has 0 spiro atoms. The quantitative estimate of drug-likeness (QED) is 0.777. The Labute approximate surface area is 86.3 Å². The van der Waals surface area contributed by atoms with Crippen molar-refractivity contribution in [3.05, 3.63) is 35.4 Å². The molecule has 0 heterocycles. The lowest BCUT2D eigenvalue weighted by molar-refractivity contribution is 0.451. The van der Waals surface area contributed by atoms with E-state index in [2.05, 4.69) is 38.1 Å². The minimum atomic E-state index is 0.231. The van der Waals surface area contributed by atoms with Crippen LogP contribution < -0.4 is 5.73 Å². The third kappa shape index (κ3) is 1.69. The van der Waals surface area contributed by atoms with E-state index in [1.54, 1.807) is 0 Å². The summed E-state index contributed by atoms with van der Waals surface area (Å²) in [5.41, 5.74) is 9.34. The van der Waals surface area contributed by atoms with Crippen LogP contribution in [0.1, 0.15) is 43.9 Å². The Morgan fingerprint density at radius 1 is 1.43 bits per heavy atom. The third-order valence-electron chi connectivity index (χ3n) is 3.51. The molecular formula is C13H19N. The molecular weight excluding hydrogens is 170 g/mol. The molecule has 1 saturated carbocycles. The van der Waals surface area contributed by atoms with Crippen LogP contribution in [0.3, 0.4) is 0 Å². The molecule has 76 valence electrons. The van der Waals surface area contributed by atoms with Crippen LogP contribution in [-0.2, 0) is 6.42 Å². The lowest BCUT2D eigenvalue weighted by atomic mass is 9.91. The zero-order chi connectivity index (χ0) is 10.2. The molecule has 1 aliphatic carbocycles. The van der Waals surface area contributed by atoms with Crippen LogP contribution in [0.2, 0.25) is 0 Å². The van der Waals surface area contributed by atoms with Gasteiger partial charge in [-0.2, -0.15) is 0 Å². The summed E-state index contributed by atoms with van der Waals surface area (Å²) in [6, 6.07) is 8.95. The van der Waals surface area contributed by atoms with Crippen LogP contribution in [0.5, 0.6) is 0 Å². The molecule has 1 atom stereocenters. The molecule has 0 saturated heterocycles. The zero-order valence-corrected chi connectivity index (χ0v) is 9.09. The van der Waals surface area contributed by atoms with Crippen molar-refractivity contribution in [3.63, 3.8) is 0 Å². The molecule has 1 unspecified atom stereocenters. The van der Waals surface area contributed by atoms with Crippen LogP contribution in [0, 0.1) is 5.41 Å². The number of benzene rings is 1. The summed E-state index contributed by atoms with van der Waals surface area (Å²) < 4.78 is 0. The third-order valence-corrected chi connectivity index (χ3v) is 3.51. The summed E-state index contributed by atoms with van der Waals surface area (Å²) in [6.45, 7) is 4.47. The fourth-order valence-corrected chi connectivity index (χ4v) is 1.92. The van der Waals surface area contributed by atoms with Gasteiger partial charge in [-0.1, -0.05) is 38.1 Å². The molecule has 0 aliphatic heterocycles. The van der Waals surface area contributed by atoms with E-state index in [0.29, 0.717) is 5.41 Å². The Kier molecular flexibility index (Phi) is 2.36. The van der Waals surface area contributed by atoms with Crippen LogP contribution >= 0.6 is 0 Å². The van der Waals surface area contributed by atoms with Gasteiger partial charge >= 0.3 is 0 Å². The maximum Gasteiger partial charge on any atom is 0.0349 e. The zero-order valence-electron chi connectivity index (χ0n) is 9.09. The van der Waals surface area contributed by atoms with Gasteiger partial charge in [0.2, 0.25) is 0 Å². The number of rotatable bonds is 3. The first-order valence-electron chi connectivity index (χ1n) is 5.50. The van der Waals surface area contributed by atoms with E-state index in [0.717, 1.165) is 6.42 Å². The molecule has 2 rings (SSSR count). The molecule has 1 nitrogen and oxygen atoms in total. The Morgan fingerprint density at radius 3 is 2.71 bits per heavy atom. The summed E-state index contributed by atoms with van der Waals surface area (Å²) in [6.07, 6.45) is 3.66. The van der Waals surface area contributed by atoms with E-state index in [4.69, 9.17) is 5.73 Å². The first-order chi connectivity index (χ1) is 6.65. The van der Waals surface area contributed by atoms with Gasteiger partial charge in [-0.15, -0.1) is 0 Å². The van der Waals surface area contributed by atoms with Gasteiger partial charge in [-0.05, 0) is 35.8 Å². The summed E-state index contributed by atoms with van der Waals surface area (Å²) in [5, 5.41) is 0. The number of aryl methyl sites for hydroxylation is 1. The minimum Gasteiger partial charge on any atom is -0.323 e. The Hall–Kier alpha value is -0.820. The maximum atomic E-state index is 6.26. The van der Waals surface area contributed by atoms with Crippen molar-refractivity contribution in [2.75, 3.05) is 0 Å². The minimum absolute atomic E-state index is 0.231. The normalized spacial score (nSPS) is 20.5. The van der Waals surface area contributed by atoms with Crippen LogP contribution in [0.25, 0.3) is 0 Å². The molecule has 0 amide bonds. The Bertz CT molecular complexity index is 326. The van der Waals surface area contributed by atoms with E-state index >= 15 is 0 Å². The van der Waals surface area contributed by atoms with Crippen molar-refractivity contribution >= 4 is 0 Å². The summed E-state index contributed by atoms with van der Waals surface area (Å²) in [7, 11) is 0. The molecule has 1 heteroatoms. The maximum absolute atomic E-state index is 6.26. The summed E-state index contributed by atoms with van der Waals surface area (Å²) in [4.78, 5) is 0. The lowest BCUT2D eigenvalue weighted by Gasteiger charge is -2.19. The highest BCUT2D eigenvalue weighted by Crippen LogP contribution is 2.53. The van der Waals surface area contributed by atoms with Crippen molar-refractivity contribution in [3.8, 4) is 0 Å². The predicted molar refractivity (Wildman–Crippen MR) is 60.1 cm³/mol. The predicted octanol–water partition coefficient (Wildman–Crippen LogP) is 3.05. The molecule has 2 N–H and O–H groups in total.